The Balaban J connectivity index is 2.47. The van der Waals surface area contributed by atoms with E-state index < -0.39 is 9.05 Å². The molecule has 0 atom stereocenters. The van der Waals surface area contributed by atoms with E-state index in [1.165, 1.54) is 6.20 Å². The van der Waals surface area contributed by atoms with Gasteiger partial charge in [-0.3, -0.25) is 4.68 Å². The van der Waals surface area contributed by atoms with Crippen molar-refractivity contribution in [2.75, 3.05) is 0 Å². The molecule has 1 heterocycles. The topological polar surface area (TPSA) is 52.0 Å². The Hall–Kier alpha value is -0.550. The smallest absolute Gasteiger partial charge is 0.264 e. The summed E-state index contributed by atoms with van der Waals surface area (Å²) in [6, 6.07) is 0.380. The van der Waals surface area contributed by atoms with Crippen LogP contribution < -0.4 is 0 Å². The summed E-state index contributed by atoms with van der Waals surface area (Å²) >= 11 is 0. The third-order valence-electron chi connectivity index (χ3n) is 2.06. The number of halogens is 1. The maximum atomic E-state index is 11.0. The minimum absolute atomic E-state index is 0.126. The van der Waals surface area contributed by atoms with Gasteiger partial charge in [0.05, 0.1) is 11.7 Å². The maximum absolute atomic E-state index is 11.0. The molecule has 0 aliphatic heterocycles. The normalized spacial score (nSPS) is 17.7. The van der Waals surface area contributed by atoms with Crippen LogP contribution in [-0.2, 0) is 9.05 Å². The highest BCUT2D eigenvalue weighted by Crippen LogP contribution is 2.35. The second-order valence-corrected chi connectivity index (χ2v) is 5.76. The number of hydrogen-bond donors (Lipinski definition) is 0. The van der Waals surface area contributed by atoms with Crippen molar-refractivity contribution in [1.82, 2.24) is 9.78 Å². The van der Waals surface area contributed by atoms with E-state index in [2.05, 4.69) is 5.10 Å². The fourth-order valence-corrected chi connectivity index (χ4v) is 2.31. The molecule has 0 aromatic carbocycles. The molecule has 0 radical (unpaired) electrons. The van der Waals surface area contributed by atoms with Crippen LogP contribution in [0.15, 0.2) is 11.1 Å². The zero-order chi connectivity index (χ0) is 9.64. The first kappa shape index (κ1) is 9.02. The van der Waals surface area contributed by atoms with E-state index in [-0.39, 0.29) is 4.90 Å². The van der Waals surface area contributed by atoms with Crippen LogP contribution in [0.5, 0.6) is 0 Å². The number of aryl methyl sites for hydroxylation is 1. The molecule has 4 nitrogen and oxygen atoms in total. The monoisotopic (exact) mass is 220 g/mol. The van der Waals surface area contributed by atoms with E-state index in [1.54, 1.807) is 11.6 Å². The molecule has 1 saturated carbocycles. The van der Waals surface area contributed by atoms with Crippen LogP contribution in [0.1, 0.15) is 24.6 Å². The minimum atomic E-state index is -3.63. The van der Waals surface area contributed by atoms with Crippen molar-refractivity contribution in [3.05, 3.63) is 11.9 Å². The summed E-state index contributed by atoms with van der Waals surface area (Å²) in [5.74, 6) is 0. The van der Waals surface area contributed by atoms with Gasteiger partial charge < -0.3 is 0 Å². The van der Waals surface area contributed by atoms with Gasteiger partial charge in [-0.25, -0.2) is 8.42 Å². The largest absolute Gasteiger partial charge is 0.268 e. The van der Waals surface area contributed by atoms with Gasteiger partial charge in [-0.15, -0.1) is 0 Å². The zero-order valence-electron chi connectivity index (χ0n) is 7.07. The summed E-state index contributed by atoms with van der Waals surface area (Å²) in [4.78, 5) is 0.126. The Morgan fingerprint density at radius 1 is 1.62 bits per heavy atom. The van der Waals surface area contributed by atoms with Crippen molar-refractivity contribution in [2.24, 2.45) is 0 Å². The highest BCUT2D eigenvalue weighted by molar-refractivity contribution is 8.13. The average Bonchev–Trinajstić information content (AvgIpc) is 2.73. The van der Waals surface area contributed by atoms with Gasteiger partial charge in [0.1, 0.15) is 4.90 Å². The van der Waals surface area contributed by atoms with Crippen molar-refractivity contribution in [3.8, 4) is 0 Å². The molecular weight excluding hydrogens is 212 g/mol. The molecule has 0 saturated heterocycles. The molecule has 6 heteroatoms. The summed E-state index contributed by atoms with van der Waals surface area (Å²) in [5.41, 5.74) is 0.474. The standard InChI is InChI=1S/C7H9ClN2O2S/c1-5-7(13(8,11)12)4-10(9-5)6-2-3-6/h4,6H,2-3H2,1H3. The molecular formula is C7H9ClN2O2S. The highest BCUT2D eigenvalue weighted by Gasteiger charge is 2.27. The lowest BCUT2D eigenvalue weighted by Crippen LogP contribution is -1.93. The number of aromatic nitrogens is 2. The number of hydrogen-bond acceptors (Lipinski definition) is 3. The molecule has 1 aromatic rings. The van der Waals surface area contributed by atoms with Crippen molar-refractivity contribution >= 4 is 19.7 Å². The van der Waals surface area contributed by atoms with E-state index in [1.807, 2.05) is 0 Å². The second kappa shape index (κ2) is 2.72. The fraction of sp³-hybridized carbons (Fsp3) is 0.571. The molecule has 1 aliphatic rings. The molecule has 0 N–H and O–H groups in total. The van der Waals surface area contributed by atoms with Crippen LogP contribution in [0.2, 0.25) is 0 Å². The molecule has 13 heavy (non-hydrogen) atoms. The van der Waals surface area contributed by atoms with Crippen LogP contribution in [0.25, 0.3) is 0 Å². The van der Waals surface area contributed by atoms with E-state index in [0.717, 1.165) is 12.8 Å². The van der Waals surface area contributed by atoms with Gasteiger partial charge in [0, 0.05) is 16.9 Å². The quantitative estimate of drug-likeness (QED) is 0.709. The van der Waals surface area contributed by atoms with E-state index in [9.17, 15) is 8.42 Å². The highest BCUT2D eigenvalue weighted by atomic mass is 35.7. The van der Waals surface area contributed by atoms with Crippen LogP contribution in [0, 0.1) is 6.92 Å². The van der Waals surface area contributed by atoms with Crippen molar-refractivity contribution < 1.29 is 8.42 Å². The molecule has 1 aliphatic carbocycles. The molecule has 2 rings (SSSR count). The molecule has 0 spiro atoms. The minimum Gasteiger partial charge on any atom is -0.268 e. The zero-order valence-corrected chi connectivity index (χ0v) is 8.64. The SMILES string of the molecule is Cc1nn(C2CC2)cc1S(=O)(=O)Cl. The lowest BCUT2D eigenvalue weighted by molar-refractivity contribution is 0.608. The lowest BCUT2D eigenvalue weighted by Gasteiger charge is -1.92. The Morgan fingerprint density at radius 3 is 2.62 bits per heavy atom. The third-order valence-corrected chi connectivity index (χ3v) is 3.48. The van der Waals surface area contributed by atoms with E-state index in [4.69, 9.17) is 10.7 Å². The van der Waals surface area contributed by atoms with Gasteiger partial charge in [0.25, 0.3) is 9.05 Å². The van der Waals surface area contributed by atoms with Crippen LogP contribution >= 0.6 is 10.7 Å². The van der Waals surface area contributed by atoms with Gasteiger partial charge in [0.15, 0.2) is 0 Å². The molecule has 0 amide bonds. The van der Waals surface area contributed by atoms with Crippen molar-refractivity contribution in [1.29, 1.82) is 0 Å². The van der Waals surface area contributed by atoms with Crippen LogP contribution in [0.4, 0.5) is 0 Å². The van der Waals surface area contributed by atoms with Gasteiger partial charge in [-0.05, 0) is 19.8 Å². The first-order valence-electron chi connectivity index (χ1n) is 3.99. The number of rotatable bonds is 2. The third kappa shape index (κ3) is 1.71. The van der Waals surface area contributed by atoms with Gasteiger partial charge in [-0.2, -0.15) is 5.10 Å². The summed E-state index contributed by atoms with van der Waals surface area (Å²) < 4.78 is 23.7. The molecule has 0 unspecified atom stereocenters. The Bertz CT molecular complexity index is 433. The summed E-state index contributed by atoms with van der Waals surface area (Å²) in [6.07, 6.45) is 3.65. The average molecular weight is 221 g/mol. The van der Waals surface area contributed by atoms with Gasteiger partial charge >= 0.3 is 0 Å². The first-order valence-corrected chi connectivity index (χ1v) is 6.30. The Morgan fingerprint density at radius 2 is 2.23 bits per heavy atom. The summed E-state index contributed by atoms with van der Waals surface area (Å²) in [7, 11) is 1.59. The molecule has 0 bridgehead atoms. The van der Waals surface area contributed by atoms with E-state index >= 15 is 0 Å². The maximum Gasteiger partial charge on any atom is 0.264 e. The predicted molar refractivity (Wildman–Crippen MR) is 48.3 cm³/mol. The Labute approximate surface area is 80.9 Å². The summed E-state index contributed by atoms with van der Waals surface area (Å²) in [6.45, 7) is 1.65. The summed E-state index contributed by atoms with van der Waals surface area (Å²) in [5, 5.41) is 4.09. The molecule has 1 aromatic heterocycles. The van der Waals surface area contributed by atoms with Gasteiger partial charge in [0.2, 0.25) is 0 Å². The van der Waals surface area contributed by atoms with Crippen molar-refractivity contribution in [2.45, 2.75) is 30.7 Å². The van der Waals surface area contributed by atoms with Crippen LogP contribution in [-0.4, -0.2) is 18.2 Å². The second-order valence-electron chi connectivity index (χ2n) is 3.23. The predicted octanol–water partition coefficient (Wildman–Crippen LogP) is 1.45. The first-order chi connectivity index (χ1) is 5.98. The van der Waals surface area contributed by atoms with Crippen molar-refractivity contribution in [3.63, 3.8) is 0 Å². The Kier molecular flexibility index (Phi) is 1.89. The molecule has 1 fully saturated rings. The van der Waals surface area contributed by atoms with E-state index in [0.29, 0.717) is 11.7 Å². The van der Waals surface area contributed by atoms with Gasteiger partial charge in [-0.1, -0.05) is 0 Å². The molecule has 72 valence electrons. The lowest BCUT2D eigenvalue weighted by atomic mass is 10.5. The fourth-order valence-electron chi connectivity index (χ4n) is 1.23. The number of nitrogens with zero attached hydrogens (tertiary/aromatic N) is 2. The van der Waals surface area contributed by atoms with Crippen LogP contribution in [0.3, 0.4) is 0 Å².